The Bertz CT molecular complexity index is 1010. The molecule has 31 heavy (non-hydrogen) atoms. The fourth-order valence-corrected chi connectivity index (χ4v) is 3.10. The number of carboxylic acid groups (broad SMARTS) is 1. The Morgan fingerprint density at radius 1 is 1.42 bits per heavy atom. The lowest BCUT2D eigenvalue weighted by molar-refractivity contribution is -0.385. The fraction of sp³-hybridized carbons (Fsp3) is 0.350. The fourth-order valence-electron chi connectivity index (χ4n) is 3.10. The number of ether oxygens (including phenoxy) is 3. The quantitative estimate of drug-likeness (QED) is 0.256. The molecule has 0 saturated carbocycles. The summed E-state index contributed by atoms with van der Waals surface area (Å²) in [5, 5.41) is 30.0. The minimum absolute atomic E-state index is 0.00839. The molecule has 0 saturated heterocycles. The number of nitriles is 1. The third kappa shape index (κ3) is 5.30. The molecule has 1 aromatic carbocycles. The number of allylic oxidation sites excluding steroid dienone is 2. The predicted molar refractivity (Wildman–Crippen MR) is 105 cm³/mol. The number of aliphatic carboxylic acids is 1. The number of nitrogens with zero attached hydrogens (tertiary/aromatic N) is 2. The summed E-state index contributed by atoms with van der Waals surface area (Å²) in [6.07, 6.45) is 0.120. The van der Waals surface area contributed by atoms with Gasteiger partial charge in [0.2, 0.25) is 5.88 Å². The topological polar surface area (TPSA) is 175 Å². The van der Waals surface area contributed by atoms with E-state index in [1.807, 2.05) is 6.07 Å². The van der Waals surface area contributed by atoms with Gasteiger partial charge in [0.1, 0.15) is 23.2 Å². The van der Waals surface area contributed by atoms with Crippen LogP contribution in [0.25, 0.3) is 0 Å². The highest BCUT2D eigenvalue weighted by Gasteiger charge is 2.39. The summed E-state index contributed by atoms with van der Waals surface area (Å²) in [5.41, 5.74) is 5.19. The number of esters is 1. The number of nitro benzene ring substituents is 1. The molecule has 1 aliphatic rings. The Labute approximate surface area is 177 Å². The van der Waals surface area contributed by atoms with E-state index in [0.717, 1.165) is 0 Å². The van der Waals surface area contributed by atoms with Crippen LogP contribution in [0.1, 0.15) is 38.2 Å². The molecule has 1 unspecified atom stereocenters. The molecule has 11 heteroatoms. The van der Waals surface area contributed by atoms with Crippen molar-refractivity contribution in [3.63, 3.8) is 0 Å². The van der Waals surface area contributed by atoms with Crippen molar-refractivity contribution in [2.45, 2.75) is 32.6 Å². The molecule has 0 amide bonds. The lowest BCUT2D eigenvalue weighted by atomic mass is 9.82. The standard InChI is InChI=1S/C20H21N3O8/c1-3-29-20(26)17-11(2)31-19(22)14(10-21)18(17)13-9-12(6-7-15(13)23(27)28)30-8-4-5-16(24)25/h6-7,9,18H,3-5,8,22H2,1-2H3,(H,24,25). The van der Waals surface area contributed by atoms with Gasteiger partial charge in [-0.3, -0.25) is 14.9 Å². The number of hydrogen-bond acceptors (Lipinski definition) is 9. The molecule has 2 rings (SSSR count). The molecular weight excluding hydrogens is 410 g/mol. The van der Waals surface area contributed by atoms with E-state index in [0.29, 0.717) is 0 Å². The van der Waals surface area contributed by atoms with Crippen LogP contribution in [-0.4, -0.2) is 35.2 Å². The monoisotopic (exact) mass is 431 g/mol. The van der Waals surface area contributed by atoms with Crippen molar-refractivity contribution in [1.82, 2.24) is 0 Å². The molecule has 3 N–H and O–H groups in total. The summed E-state index contributed by atoms with van der Waals surface area (Å²) in [6, 6.07) is 5.71. The number of nitrogens with two attached hydrogens (primary N) is 1. The third-order valence-corrected chi connectivity index (χ3v) is 4.41. The van der Waals surface area contributed by atoms with Crippen LogP contribution in [0.5, 0.6) is 5.75 Å². The highest BCUT2D eigenvalue weighted by Crippen LogP contribution is 2.44. The summed E-state index contributed by atoms with van der Waals surface area (Å²) in [6.45, 7) is 3.13. The number of carbonyl (C=O) groups is 2. The molecule has 1 heterocycles. The van der Waals surface area contributed by atoms with Crippen LogP contribution in [0.2, 0.25) is 0 Å². The summed E-state index contributed by atoms with van der Waals surface area (Å²) >= 11 is 0. The van der Waals surface area contributed by atoms with E-state index in [1.54, 1.807) is 6.92 Å². The van der Waals surface area contributed by atoms with E-state index in [1.165, 1.54) is 25.1 Å². The third-order valence-electron chi connectivity index (χ3n) is 4.41. The Kier molecular flexibility index (Phi) is 7.57. The second-order valence-corrected chi connectivity index (χ2v) is 6.44. The molecule has 0 fully saturated rings. The van der Waals surface area contributed by atoms with Gasteiger partial charge in [0.25, 0.3) is 5.69 Å². The highest BCUT2D eigenvalue weighted by molar-refractivity contribution is 5.93. The van der Waals surface area contributed by atoms with Crippen LogP contribution in [0.15, 0.2) is 41.0 Å². The number of benzene rings is 1. The molecule has 11 nitrogen and oxygen atoms in total. The van der Waals surface area contributed by atoms with E-state index < -0.39 is 22.8 Å². The largest absolute Gasteiger partial charge is 0.494 e. The maximum Gasteiger partial charge on any atom is 0.338 e. The number of hydrogen-bond donors (Lipinski definition) is 2. The number of carboxylic acids is 1. The summed E-state index contributed by atoms with van der Waals surface area (Å²) in [4.78, 5) is 34.3. The second-order valence-electron chi connectivity index (χ2n) is 6.44. The Hall–Kier alpha value is -4.07. The Morgan fingerprint density at radius 2 is 2.13 bits per heavy atom. The van der Waals surface area contributed by atoms with Crippen LogP contribution in [0.4, 0.5) is 5.69 Å². The van der Waals surface area contributed by atoms with E-state index in [2.05, 4.69) is 0 Å². The zero-order valence-electron chi connectivity index (χ0n) is 16.9. The summed E-state index contributed by atoms with van der Waals surface area (Å²) < 4.78 is 15.9. The molecule has 0 aliphatic carbocycles. The van der Waals surface area contributed by atoms with Gasteiger partial charge in [-0.2, -0.15) is 5.26 Å². The number of nitro groups is 1. The smallest absolute Gasteiger partial charge is 0.338 e. The molecule has 1 aliphatic heterocycles. The van der Waals surface area contributed by atoms with Crippen molar-refractivity contribution < 1.29 is 33.8 Å². The van der Waals surface area contributed by atoms with Crippen LogP contribution in [-0.2, 0) is 19.1 Å². The average Bonchev–Trinajstić information content (AvgIpc) is 2.70. The van der Waals surface area contributed by atoms with Crippen molar-refractivity contribution in [2.24, 2.45) is 5.73 Å². The molecular formula is C20H21N3O8. The molecule has 0 spiro atoms. The van der Waals surface area contributed by atoms with Crippen molar-refractivity contribution >= 4 is 17.6 Å². The lowest BCUT2D eigenvalue weighted by Crippen LogP contribution is -2.26. The maximum atomic E-state index is 12.6. The van der Waals surface area contributed by atoms with Crippen LogP contribution >= 0.6 is 0 Å². The van der Waals surface area contributed by atoms with Crippen molar-refractivity contribution in [2.75, 3.05) is 13.2 Å². The van der Waals surface area contributed by atoms with Crippen LogP contribution < -0.4 is 10.5 Å². The summed E-state index contributed by atoms with van der Waals surface area (Å²) in [7, 11) is 0. The minimum atomic E-state index is -1.21. The highest BCUT2D eigenvalue weighted by atomic mass is 16.6. The van der Waals surface area contributed by atoms with Gasteiger partial charge in [0.15, 0.2) is 0 Å². The molecule has 0 bridgehead atoms. The van der Waals surface area contributed by atoms with Crippen molar-refractivity contribution in [1.29, 1.82) is 5.26 Å². The Morgan fingerprint density at radius 3 is 2.71 bits per heavy atom. The van der Waals surface area contributed by atoms with Crippen molar-refractivity contribution in [3.05, 3.63) is 56.7 Å². The van der Waals surface area contributed by atoms with Gasteiger partial charge in [0.05, 0.1) is 29.6 Å². The first-order valence-electron chi connectivity index (χ1n) is 9.29. The number of rotatable bonds is 9. The average molecular weight is 431 g/mol. The van der Waals surface area contributed by atoms with E-state index in [9.17, 15) is 25.0 Å². The van der Waals surface area contributed by atoms with Gasteiger partial charge in [-0.15, -0.1) is 0 Å². The minimum Gasteiger partial charge on any atom is -0.494 e. The predicted octanol–water partition coefficient (Wildman–Crippen LogP) is 2.48. The SMILES string of the molecule is CCOC(=O)C1=C(C)OC(N)=C(C#N)C1c1cc(OCCCC(=O)O)ccc1[N+](=O)[O-]. The first-order chi connectivity index (χ1) is 14.7. The van der Waals surface area contributed by atoms with Gasteiger partial charge < -0.3 is 25.1 Å². The molecule has 164 valence electrons. The van der Waals surface area contributed by atoms with Crippen LogP contribution in [0, 0.1) is 21.4 Å². The maximum absolute atomic E-state index is 12.6. The van der Waals surface area contributed by atoms with E-state index in [4.69, 9.17) is 25.1 Å². The van der Waals surface area contributed by atoms with Gasteiger partial charge in [-0.05, 0) is 32.4 Å². The van der Waals surface area contributed by atoms with Gasteiger partial charge in [0, 0.05) is 18.1 Å². The van der Waals surface area contributed by atoms with Crippen molar-refractivity contribution in [3.8, 4) is 11.8 Å². The van der Waals surface area contributed by atoms with Gasteiger partial charge >= 0.3 is 11.9 Å². The van der Waals surface area contributed by atoms with E-state index >= 15 is 0 Å². The zero-order chi connectivity index (χ0) is 23.1. The molecule has 1 atom stereocenters. The molecule has 1 aromatic rings. The van der Waals surface area contributed by atoms with E-state index in [-0.39, 0.29) is 65.8 Å². The number of carbonyl (C=O) groups excluding carboxylic acids is 1. The first kappa shape index (κ1) is 23.2. The normalized spacial score (nSPS) is 15.7. The molecule has 0 radical (unpaired) electrons. The second kappa shape index (κ2) is 10.1. The Balaban J connectivity index is 2.58. The lowest BCUT2D eigenvalue weighted by Gasteiger charge is -2.26. The van der Waals surface area contributed by atoms with Gasteiger partial charge in [-0.1, -0.05) is 0 Å². The van der Waals surface area contributed by atoms with Crippen LogP contribution in [0.3, 0.4) is 0 Å². The first-order valence-corrected chi connectivity index (χ1v) is 9.29. The zero-order valence-corrected chi connectivity index (χ0v) is 16.9. The molecule has 0 aromatic heterocycles. The van der Waals surface area contributed by atoms with Gasteiger partial charge in [-0.25, -0.2) is 4.79 Å². The summed E-state index contributed by atoms with van der Waals surface area (Å²) in [5.74, 6) is -3.00.